The summed E-state index contributed by atoms with van der Waals surface area (Å²) in [6.45, 7) is 4.65. The van der Waals surface area contributed by atoms with Crippen LogP contribution in [-0.2, 0) is 18.4 Å². The molecule has 69 heavy (non-hydrogen) atoms. The van der Waals surface area contributed by atoms with E-state index in [1.54, 1.807) is 6.08 Å². The lowest BCUT2D eigenvalue weighted by atomic mass is 10.0. The number of hydrogen-bond donors (Lipinski definition) is 3. The summed E-state index contributed by atoms with van der Waals surface area (Å²) in [5.74, 6) is -0.228. The Morgan fingerprint density at radius 3 is 1.33 bits per heavy atom. The molecule has 1 amide bonds. The molecule has 0 fully saturated rings. The van der Waals surface area contributed by atoms with Crippen molar-refractivity contribution < 1.29 is 32.9 Å². The first-order chi connectivity index (χ1) is 33.5. The molecule has 0 aliphatic carbocycles. The van der Waals surface area contributed by atoms with Gasteiger partial charge in [-0.1, -0.05) is 247 Å². The normalized spacial score (nSPS) is 14.5. The maximum absolute atomic E-state index is 12.9. The summed E-state index contributed by atoms with van der Waals surface area (Å²) in [6.07, 6.45) is 70.4. The van der Waals surface area contributed by atoms with Gasteiger partial charge >= 0.3 is 7.82 Å². The van der Waals surface area contributed by atoms with Gasteiger partial charge in [0.25, 0.3) is 0 Å². The van der Waals surface area contributed by atoms with Crippen molar-refractivity contribution in [2.45, 2.75) is 264 Å². The molecule has 0 heterocycles. The maximum Gasteiger partial charge on any atom is 0.472 e. The lowest BCUT2D eigenvalue weighted by Gasteiger charge is -2.25. The summed E-state index contributed by atoms with van der Waals surface area (Å²) >= 11 is 0. The van der Waals surface area contributed by atoms with Crippen LogP contribution in [0.25, 0.3) is 0 Å². The largest absolute Gasteiger partial charge is 0.472 e. The van der Waals surface area contributed by atoms with Crippen LogP contribution in [-0.4, -0.2) is 73.4 Å². The molecule has 8 nitrogen and oxygen atoms in total. The molecule has 0 aromatic rings. The summed E-state index contributed by atoms with van der Waals surface area (Å²) in [5, 5.41) is 13.9. The molecule has 0 radical (unpaired) electrons. The second kappa shape index (κ2) is 50.9. The highest BCUT2D eigenvalue weighted by Gasteiger charge is 2.27. The molecule has 9 heteroatoms. The van der Waals surface area contributed by atoms with E-state index < -0.39 is 20.0 Å². The summed E-state index contributed by atoms with van der Waals surface area (Å²) < 4.78 is 23.6. The first-order valence-electron chi connectivity index (χ1n) is 28.8. The molecule has 0 aromatic carbocycles. The highest BCUT2D eigenvalue weighted by Crippen LogP contribution is 2.43. The van der Waals surface area contributed by atoms with Crippen molar-refractivity contribution in [2.75, 3.05) is 40.9 Å². The number of rotatable bonds is 52. The molecule has 0 saturated carbocycles. The Hall–Kier alpha value is -2.06. The lowest BCUT2D eigenvalue weighted by Crippen LogP contribution is -2.45. The number of quaternary nitrogens is 1. The maximum atomic E-state index is 12.9. The van der Waals surface area contributed by atoms with E-state index in [-0.39, 0.29) is 19.1 Å². The number of nitrogens with zero attached hydrogens (tertiary/aromatic N) is 1. The fraction of sp³-hybridized carbons (Fsp3) is 0.783. The third-order valence-electron chi connectivity index (χ3n) is 12.7. The fourth-order valence-electron chi connectivity index (χ4n) is 8.17. The third kappa shape index (κ3) is 53.6. The minimum Gasteiger partial charge on any atom is -0.387 e. The van der Waals surface area contributed by atoms with Crippen LogP contribution in [0.5, 0.6) is 0 Å². The molecule has 3 N–H and O–H groups in total. The number of carbonyl (C=O) groups excluding carboxylic acids is 1. The van der Waals surface area contributed by atoms with Crippen LogP contribution in [0.4, 0.5) is 0 Å². The van der Waals surface area contributed by atoms with Crippen LogP contribution >= 0.6 is 7.82 Å². The summed E-state index contributed by atoms with van der Waals surface area (Å²) in [7, 11) is 1.52. The molecule has 402 valence electrons. The van der Waals surface area contributed by atoms with Crippen molar-refractivity contribution >= 4 is 13.7 Å². The van der Waals surface area contributed by atoms with Gasteiger partial charge in [-0.15, -0.1) is 0 Å². The van der Waals surface area contributed by atoms with E-state index in [2.05, 4.69) is 79.9 Å². The number of amides is 1. The van der Waals surface area contributed by atoms with Gasteiger partial charge in [0.05, 0.1) is 39.9 Å². The van der Waals surface area contributed by atoms with Crippen molar-refractivity contribution in [3.8, 4) is 0 Å². The molecule has 3 atom stereocenters. The van der Waals surface area contributed by atoms with Gasteiger partial charge in [0.1, 0.15) is 13.2 Å². The SMILES string of the molecule is CC/C=C\C/C=C\C/C=C\C/C=C\CCCCC(=O)NC(COP(=O)(O)OCC[N+](C)(C)C)C(O)/C=C/CC/C=C/CCCCCCCCCCCCCCCCCCCCCCCCCCCC. The number of unbranched alkanes of at least 4 members (excludes halogenated alkanes) is 29. The number of phosphoric ester groups is 1. The van der Waals surface area contributed by atoms with E-state index in [0.717, 1.165) is 57.8 Å². The van der Waals surface area contributed by atoms with Crippen LogP contribution in [0.15, 0.2) is 72.9 Å². The number of likely N-dealkylation sites (N-methyl/N-ethyl adjacent to an activating group) is 1. The predicted molar refractivity (Wildman–Crippen MR) is 300 cm³/mol. The Morgan fingerprint density at radius 2 is 0.884 bits per heavy atom. The second-order valence-electron chi connectivity index (χ2n) is 20.6. The van der Waals surface area contributed by atoms with Gasteiger partial charge in [0.15, 0.2) is 0 Å². The van der Waals surface area contributed by atoms with Crippen LogP contribution < -0.4 is 5.32 Å². The van der Waals surface area contributed by atoms with Gasteiger partial charge in [-0.05, 0) is 70.6 Å². The van der Waals surface area contributed by atoms with Gasteiger partial charge in [0.2, 0.25) is 5.91 Å². The first kappa shape index (κ1) is 66.9. The molecular formula is C60H112N2O6P+. The van der Waals surface area contributed by atoms with Gasteiger partial charge in [0, 0.05) is 6.42 Å². The van der Waals surface area contributed by atoms with Gasteiger partial charge < -0.3 is 19.8 Å². The lowest BCUT2D eigenvalue weighted by molar-refractivity contribution is -0.870. The van der Waals surface area contributed by atoms with Gasteiger partial charge in [-0.25, -0.2) is 4.57 Å². The summed E-state index contributed by atoms with van der Waals surface area (Å²) in [4.78, 5) is 23.2. The van der Waals surface area contributed by atoms with Gasteiger partial charge in [-0.3, -0.25) is 13.8 Å². The summed E-state index contributed by atoms with van der Waals surface area (Å²) in [5.41, 5.74) is 0. The van der Waals surface area contributed by atoms with Crippen molar-refractivity contribution in [2.24, 2.45) is 0 Å². The second-order valence-corrected chi connectivity index (χ2v) is 22.1. The minimum atomic E-state index is -4.37. The van der Waals surface area contributed by atoms with E-state index >= 15 is 0 Å². The molecule has 0 saturated heterocycles. The fourth-order valence-corrected chi connectivity index (χ4v) is 8.90. The molecule has 0 aliphatic heterocycles. The van der Waals surface area contributed by atoms with Crippen molar-refractivity contribution in [3.05, 3.63) is 72.9 Å². The number of aliphatic hydroxyl groups is 1. The highest BCUT2D eigenvalue weighted by molar-refractivity contribution is 7.47. The van der Waals surface area contributed by atoms with Crippen molar-refractivity contribution in [3.63, 3.8) is 0 Å². The zero-order valence-corrected chi connectivity index (χ0v) is 46.7. The number of phosphoric acid groups is 1. The molecule has 0 aliphatic rings. The topological polar surface area (TPSA) is 105 Å². The van der Waals surface area contributed by atoms with Crippen LogP contribution in [0.1, 0.15) is 251 Å². The first-order valence-corrected chi connectivity index (χ1v) is 30.3. The number of aliphatic hydroxyl groups excluding tert-OH is 1. The van der Waals surface area contributed by atoms with Crippen molar-refractivity contribution in [1.29, 1.82) is 0 Å². The Balaban J connectivity index is 4.17. The number of allylic oxidation sites excluding steroid dienone is 11. The Morgan fingerprint density at radius 1 is 0.507 bits per heavy atom. The molecule has 0 aromatic heterocycles. The molecule has 0 bridgehead atoms. The van der Waals surface area contributed by atoms with E-state index in [0.29, 0.717) is 23.9 Å². The monoisotopic (exact) mass is 988 g/mol. The molecule has 3 unspecified atom stereocenters. The number of carbonyl (C=O) groups is 1. The highest BCUT2D eigenvalue weighted by atomic mass is 31.2. The van der Waals surface area contributed by atoms with Crippen LogP contribution in [0, 0.1) is 0 Å². The van der Waals surface area contributed by atoms with Crippen LogP contribution in [0.2, 0.25) is 0 Å². The number of nitrogens with one attached hydrogen (secondary N) is 1. The van der Waals surface area contributed by atoms with E-state index in [9.17, 15) is 19.4 Å². The molecular weight excluding hydrogens is 876 g/mol. The smallest absolute Gasteiger partial charge is 0.387 e. The standard InChI is InChI=1S/C60H111N2O6P/c1-6-8-10-12-14-16-18-20-22-23-24-25-26-27-28-29-30-31-32-33-34-35-36-37-38-40-41-43-45-47-49-51-53-59(63)58(57-68-69(65,66)67-56-55-62(3,4)5)61-60(64)54-52-50-48-46-44-42-39-21-19-17-15-13-11-9-7-2/h9,11,15,17,21,39,43-46,51,53,58-59,63H,6-8,10,12-14,16,18-20,22-38,40-42,47-50,52,54-57H2,1-5H3,(H-,61,64,65,66)/p+1/b11-9-,17-15-,39-21-,45-43+,46-44-,53-51+. The Kier molecular flexibility index (Phi) is 49.3. The Labute approximate surface area is 427 Å². The van der Waals surface area contributed by atoms with E-state index in [4.69, 9.17) is 9.05 Å². The summed E-state index contributed by atoms with van der Waals surface area (Å²) in [6, 6.07) is -0.889. The average molecular weight is 989 g/mol. The third-order valence-corrected chi connectivity index (χ3v) is 13.6. The number of hydrogen-bond acceptors (Lipinski definition) is 5. The van der Waals surface area contributed by atoms with Gasteiger partial charge in [-0.2, -0.15) is 0 Å². The van der Waals surface area contributed by atoms with E-state index in [1.165, 1.54) is 167 Å². The quantitative estimate of drug-likeness (QED) is 0.0243. The Bertz CT molecular complexity index is 1350. The zero-order valence-electron chi connectivity index (χ0n) is 45.8. The minimum absolute atomic E-state index is 0.0449. The van der Waals surface area contributed by atoms with Crippen LogP contribution in [0.3, 0.4) is 0 Å². The molecule has 0 spiro atoms. The molecule has 0 rings (SSSR count). The average Bonchev–Trinajstić information content (AvgIpc) is 3.31. The van der Waals surface area contributed by atoms with Crippen molar-refractivity contribution in [1.82, 2.24) is 5.32 Å². The predicted octanol–water partition coefficient (Wildman–Crippen LogP) is 17.5. The van der Waals surface area contributed by atoms with E-state index in [1.807, 2.05) is 27.2 Å². The zero-order chi connectivity index (χ0) is 50.6.